The standard InChI is InChI=1S/C8H12N2O.C7H10N2/c9-7-2-1-6(3-4-11)8(10)5-7;8-7(9)6-4-2-1-3-5-6/h1-2,5,11H,3-4,9-10H2;1-5,7H,8-9H2. The van der Waals surface area contributed by atoms with Gasteiger partial charge >= 0.3 is 0 Å². The van der Waals surface area contributed by atoms with E-state index in [4.69, 9.17) is 28.0 Å². The van der Waals surface area contributed by atoms with Crippen LogP contribution in [0.1, 0.15) is 17.3 Å². The van der Waals surface area contributed by atoms with Crippen LogP contribution >= 0.6 is 0 Å². The van der Waals surface area contributed by atoms with Gasteiger partial charge < -0.3 is 28.0 Å². The van der Waals surface area contributed by atoms with Crippen molar-refractivity contribution in [1.29, 1.82) is 0 Å². The lowest BCUT2D eigenvalue weighted by Gasteiger charge is -2.03. The van der Waals surface area contributed by atoms with Gasteiger partial charge in [0, 0.05) is 18.0 Å². The molecule has 0 atom stereocenters. The lowest BCUT2D eigenvalue weighted by Crippen LogP contribution is -2.19. The van der Waals surface area contributed by atoms with E-state index in [2.05, 4.69) is 0 Å². The highest BCUT2D eigenvalue weighted by Gasteiger charge is 1.97. The maximum Gasteiger partial charge on any atom is 0.0784 e. The summed E-state index contributed by atoms with van der Waals surface area (Å²) in [4.78, 5) is 0. The fourth-order valence-corrected chi connectivity index (χ4v) is 1.64. The number of anilines is 2. The van der Waals surface area contributed by atoms with Gasteiger partial charge in [-0.1, -0.05) is 36.4 Å². The van der Waals surface area contributed by atoms with Crippen LogP contribution in [0.25, 0.3) is 0 Å². The lowest BCUT2D eigenvalue weighted by molar-refractivity contribution is 0.300. The summed E-state index contributed by atoms with van der Waals surface area (Å²) in [7, 11) is 0. The smallest absolute Gasteiger partial charge is 0.0784 e. The third-order valence-corrected chi connectivity index (χ3v) is 2.74. The first-order valence-corrected chi connectivity index (χ1v) is 6.35. The maximum absolute atomic E-state index is 8.63. The third-order valence-electron chi connectivity index (χ3n) is 2.74. The van der Waals surface area contributed by atoms with E-state index in [9.17, 15) is 0 Å². The Hall–Kier alpha value is -2.08. The van der Waals surface area contributed by atoms with Crippen molar-refractivity contribution in [2.24, 2.45) is 11.5 Å². The van der Waals surface area contributed by atoms with Crippen molar-refractivity contribution in [3.05, 3.63) is 59.7 Å². The second-order valence-electron chi connectivity index (χ2n) is 4.37. The molecule has 2 aromatic carbocycles. The lowest BCUT2D eigenvalue weighted by atomic mass is 10.1. The van der Waals surface area contributed by atoms with Crippen LogP contribution in [0, 0.1) is 0 Å². The molecule has 0 amide bonds. The van der Waals surface area contributed by atoms with E-state index in [1.54, 1.807) is 12.1 Å². The molecule has 0 fully saturated rings. The van der Waals surface area contributed by atoms with Gasteiger partial charge in [0.25, 0.3) is 0 Å². The summed E-state index contributed by atoms with van der Waals surface area (Å²) in [5, 5.41) is 8.63. The average Bonchev–Trinajstić information content (AvgIpc) is 2.44. The van der Waals surface area contributed by atoms with Crippen LogP contribution in [0.3, 0.4) is 0 Å². The molecule has 5 heteroatoms. The minimum absolute atomic E-state index is 0.119. The average molecular weight is 274 g/mol. The summed E-state index contributed by atoms with van der Waals surface area (Å²) >= 11 is 0. The normalized spacial score (nSPS) is 10.0. The largest absolute Gasteiger partial charge is 0.399 e. The minimum Gasteiger partial charge on any atom is -0.399 e. The third kappa shape index (κ3) is 5.27. The highest BCUT2D eigenvalue weighted by molar-refractivity contribution is 5.56. The van der Waals surface area contributed by atoms with E-state index in [-0.39, 0.29) is 12.8 Å². The molecule has 9 N–H and O–H groups in total. The van der Waals surface area contributed by atoms with Crippen molar-refractivity contribution in [1.82, 2.24) is 0 Å². The molecule has 0 saturated carbocycles. The molecule has 0 radical (unpaired) electrons. The summed E-state index contributed by atoms with van der Waals surface area (Å²) in [5.74, 6) is 0. The fraction of sp³-hybridized carbons (Fsp3) is 0.200. The molecule has 5 nitrogen and oxygen atoms in total. The molecule has 20 heavy (non-hydrogen) atoms. The van der Waals surface area contributed by atoms with E-state index in [1.807, 2.05) is 36.4 Å². The SMILES string of the molecule is NC(N)c1ccccc1.Nc1ccc(CCO)c(N)c1. The summed E-state index contributed by atoms with van der Waals surface area (Å²) in [5.41, 5.74) is 25.1. The molecule has 0 aliphatic heterocycles. The van der Waals surface area contributed by atoms with Gasteiger partial charge in [0.15, 0.2) is 0 Å². The van der Waals surface area contributed by atoms with Crippen LogP contribution < -0.4 is 22.9 Å². The second kappa shape index (κ2) is 8.16. The van der Waals surface area contributed by atoms with Crippen molar-refractivity contribution >= 4 is 11.4 Å². The van der Waals surface area contributed by atoms with E-state index in [1.165, 1.54) is 0 Å². The summed E-state index contributed by atoms with van der Waals surface area (Å²) in [6.45, 7) is 0.119. The Morgan fingerprint density at radius 1 is 0.950 bits per heavy atom. The van der Waals surface area contributed by atoms with E-state index < -0.39 is 0 Å². The van der Waals surface area contributed by atoms with Crippen molar-refractivity contribution < 1.29 is 5.11 Å². The monoisotopic (exact) mass is 274 g/mol. The number of benzene rings is 2. The van der Waals surface area contributed by atoms with Crippen molar-refractivity contribution in [2.45, 2.75) is 12.6 Å². The molecule has 0 aromatic heterocycles. The molecular weight excluding hydrogens is 252 g/mol. The van der Waals surface area contributed by atoms with Gasteiger partial charge in [0.1, 0.15) is 0 Å². The van der Waals surface area contributed by atoms with Gasteiger partial charge in [-0.25, -0.2) is 0 Å². The van der Waals surface area contributed by atoms with Crippen LogP contribution in [0.15, 0.2) is 48.5 Å². The zero-order valence-electron chi connectivity index (χ0n) is 11.4. The summed E-state index contributed by atoms with van der Waals surface area (Å²) in [6.07, 6.45) is 0.248. The van der Waals surface area contributed by atoms with Crippen molar-refractivity contribution in [2.75, 3.05) is 18.1 Å². The predicted octanol–water partition coefficient (Wildman–Crippen LogP) is 0.988. The first kappa shape index (κ1) is 16.0. The van der Waals surface area contributed by atoms with Crippen molar-refractivity contribution in [3.63, 3.8) is 0 Å². The first-order valence-electron chi connectivity index (χ1n) is 6.35. The van der Waals surface area contributed by atoms with Gasteiger partial charge in [0.2, 0.25) is 0 Å². The number of hydrogen-bond acceptors (Lipinski definition) is 5. The molecule has 108 valence electrons. The Balaban J connectivity index is 0.000000204. The van der Waals surface area contributed by atoms with Gasteiger partial charge in [-0.2, -0.15) is 0 Å². The Bertz CT molecular complexity index is 515. The number of nitrogens with two attached hydrogens (primary N) is 4. The molecule has 0 saturated heterocycles. The highest BCUT2D eigenvalue weighted by Crippen LogP contribution is 2.15. The summed E-state index contributed by atoms with van der Waals surface area (Å²) in [6, 6.07) is 14.9. The highest BCUT2D eigenvalue weighted by atomic mass is 16.2. The fourth-order valence-electron chi connectivity index (χ4n) is 1.64. The molecule has 2 aromatic rings. The summed E-state index contributed by atoms with van der Waals surface area (Å²) < 4.78 is 0. The number of hydrogen-bond donors (Lipinski definition) is 5. The molecule has 2 rings (SSSR count). The molecule has 0 aliphatic carbocycles. The Morgan fingerprint density at radius 3 is 2.05 bits per heavy atom. The minimum atomic E-state index is -0.341. The first-order chi connectivity index (χ1) is 9.54. The molecule has 0 unspecified atom stereocenters. The van der Waals surface area contributed by atoms with Crippen LogP contribution in [-0.4, -0.2) is 11.7 Å². The molecular formula is C15H22N4O. The van der Waals surface area contributed by atoms with Gasteiger partial charge in [-0.3, -0.25) is 0 Å². The zero-order chi connectivity index (χ0) is 15.0. The number of aliphatic hydroxyl groups excluding tert-OH is 1. The quantitative estimate of drug-likeness (QED) is 0.421. The van der Waals surface area contributed by atoms with Crippen LogP contribution in [-0.2, 0) is 6.42 Å². The van der Waals surface area contributed by atoms with Crippen LogP contribution in [0.5, 0.6) is 0 Å². The molecule has 0 heterocycles. The predicted molar refractivity (Wildman–Crippen MR) is 83.6 cm³/mol. The van der Waals surface area contributed by atoms with Gasteiger partial charge in [0.05, 0.1) is 6.17 Å². The van der Waals surface area contributed by atoms with Crippen molar-refractivity contribution in [3.8, 4) is 0 Å². The van der Waals surface area contributed by atoms with Crippen LogP contribution in [0.2, 0.25) is 0 Å². The molecule has 0 spiro atoms. The van der Waals surface area contributed by atoms with E-state index in [0.29, 0.717) is 17.8 Å². The topological polar surface area (TPSA) is 124 Å². The maximum atomic E-state index is 8.63. The number of aliphatic hydroxyl groups is 1. The Labute approximate surface area is 119 Å². The zero-order valence-corrected chi connectivity index (χ0v) is 11.4. The van der Waals surface area contributed by atoms with Crippen LogP contribution in [0.4, 0.5) is 11.4 Å². The van der Waals surface area contributed by atoms with Gasteiger partial charge in [-0.05, 0) is 29.7 Å². The van der Waals surface area contributed by atoms with E-state index >= 15 is 0 Å². The van der Waals surface area contributed by atoms with E-state index in [0.717, 1.165) is 11.1 Å². The molecule has 0 aliphatic rings. The van der Waals surface area contributed by atoms with Gasteiger partial charge in [-0.15, -0.1) is 0 Å². The second-order valence-corrected chi connectivity index (χ2v) is 4.37. The number of nitrogen functional groups attached to an aromatic ring is 2. The Morgan fingerprint density at radius 2 is 1.60 bits per heavy atom. The Kier molecular flexibility index (Phi) is 6.52. The molecule has 0 bridgehead atoms. The number of rotatable bonds is 3.